The van der Waals surface area contributed by atoms with E-state index in [1.54, 1.807) is 12.8 Å². The molecule has 0 saturated heterocycles. The highest BCUT2D eigenvalue weighted by molar-refractivity contribution is 4.97. The van der Waals surface area contributed by atoms with Crippen molar-refractivity contribution in [2.24, 2.45) is 52.6 Å². The molecule has 0 aromatic rings. The van der Waals surface area contributed by atoms with Crippen molar-refractivity contribution in [2.45, 2.75) is 118 Å². The van der Waals surface area contributed by atoms with Crippen LogP contribution >= 0.6 is 0 Å². The van der Waals surface area contributed by atoms with E-state index in [9.17, 15) is 0 Å². The van der Waals surface area contributed by atoms with Gasteiger partial charge in [-0.2, -0.15) is 0 Å². The molecule has 3 fully saturated rings. The Kier molecular flexibility index (Phi) is 8.34. The minimum atomic E-state index is 0.435. The molecule has 2 N–H and O–H groups in total. The lowest BCUT2D eigenvalue weighted by Crippen LogP contribution is -2.41. The summed E-state index contributed by atoms with van der Waals surface area (Å²) in [6, 6.07) is 0. The van der Waals surface area contributed by atoms with Crippen LogP contribution in [-0.4, -0.2) is 6.54 Å². The van der Waals surface area contributed by atoms with Crippen molar-refractivity contribution in [3.05, 3.63) is 0 Å². The summed E-state index contributed by atoms with van der Waals surface area (Å²) in [4.78, 5) is 0. The normalized spacial score (nSPS) is 40.4. The number of hydrogen-bond donors (Lipinski definition) is 1. The lowest BCUT2D eigenvalue weighted by molar-refractivity contribution is 0.00249. The Hall–Kier alpha value is -0.0400. The molecular formula is C27H51N. The second kappa shape index (κ2) is 10.3. The van der Waals surface area contributed by atoms with Crippen molar-refractivity contribution in [3.8, 4) is 0 Å². The van der Waals surface area contributed by atoms with Crippen LogP contribution in [0.25, 0.3) is 0 Å². The van der Waals surface area contributed by atoms with Crippen LogP contribution < -0.4 is 5.73 Å². The summed E-state index contributed by atoms with van der Waals surface area (Å²) < 4.78 is 0. The maximum atomic E-state index is 6.18. The third-order valence-electron chi connectivity index (χ3n) is 9.66. The number of unbranched alkanes of at least 4 members (excludes halogenated alkanes) is 3. The van der Waals surface area contributed by atoms with E-state index in [1.807, 2.05) is 0 Å². The Morgan fingerprint density at radius 2 is 1.79 bits per heavy atom. The molecular weight excluding hydrogens is 338 g/mol. The van der Waals surface area contributed by atoms with Gasteiger partial charge in [0.2, 0.25) is 0 Å². The van der Waals surface area contributed by atoms with Gasteiger partial charge < -0.3 is 5.73 Å². The molecule has 1 nitrogen and oxygen atoms in total. The average Bonchev–Trinajstić information content (AvgIpc) is 3.25. The first-order chi connectivity index (χ1) is 13.5. The summed E-state index contributed by atoms with van der Waals surface area (Å²) in [7, 11) is 0. The van der Waals surface area contributed by atoms with E-state index in [-0.39, 0.29) is 0 Å². The third kappa shape index (κ3) is 5.16. The molecule has 8 atom stereocenters. The smallest absolute Gasteiger partial charge is 0.00231 e. The lowest BCUT2D eigenvalue weighted by atomic mass is 9.56. The van der Waals surface area contributed by atoms with Crippen LogP contribution in [0.4, 0.5) is 0 Å². The molecule has 3 aliphatic carbocycles. The fourth-order valence-corrected chi connectivity index (χ4v) is 7.77. The summed E-state index contributed by atoms with van der Waals surface area (Å²) in [5, 5.41) is 0. The van der Waals surface area contributed by atoms with Gasteiger partial charge in [0.1, 0.15) is 0 Å². The van der Waals surface area contributed by atoms with Crippen molar-refractivity contribution in [1.82, 2.24) is 0 Å². The zero-order valence-electron chi connectivity index (χ0n) is 19.7. The van der Waals surface area contributed by atoms with E-state index in [4.69, 9.17) is 5.73 Å². The molecule has 0 aliphatic heterocycles. The van der Waals surface area contributed by atoms with E-state index >= 15 is 0 Å². The fourth-order valence-electron chi connectivity index (χ4n) is 7.77. The summed E-state index contributed by atoms with van der Waals surface area (Å²) in [6.45, 7) is 10.7. The second-order valence-corrected chi connectivity index (χ2v) is 11.7. The number of hydrogen-bond acceptors (Lipinski definition) is 1. The SMILES string of the molecule is CCCCCCC(C(CC)C1CCC(C)(CN)C1)C1CCC1C1CCC(C)C1. The summed E-state index contributed by atoms with van der Waals surface area (Å²) >= 11 is 0. The summed E-state index contributed by atoms with van der Waals surface area (Å²) in [6.07, 6.45) is 20.6. The Labute approximate surface area is 177 Å². The maximum absolute atomic E-state index is 6.18. The van der Waals surface area contributed by atoms with Gasteiger partial charge in [-0.05, 0) is 105 Å². The van der Waals surface area contributed by atoms with Crippen molar-refractivity contribution in [3.63, 3.8) is 0 Å². The minimum Gasteiger partial charge on any atom is -0.330 e. The van der Waals surface area contributed by atoms with Crippen LogP contribution in [-0.2, 0) is 0 Å². The predicted octanol–water partition coefficient (Wildman–Crippen LogP) is 7.83. The highest BCUT2D eigenvalue weighted by atomic mass is 14.6. The van der Waals surface area contributed by atoms with Gasteiger partial charge in [0.15, 0.2) is 0 Å². The highest BCUT2D eigenvalue weighted by Crippen LogP contribution is 2.56. The van der Waals surface area contributed by atoms with E-state index < -0.39 is 0 Å². The molecule has 0 bridgehead atoms. The molecule has 0 aromatic heterocycles. The van der Waals surface area contributed by atoms with Crippen LogP contribution in [0.2, 0.25) is 0 Å². The largest absolute Gasteiger partial charge is 0.330 e. The van der Waals surface area contributed by atoms with Crippen molar-refractivity contribution < 1.29 is 0 Å². The first-order valence-electron chi connectivity index (χ1n) is 13.2. The molecule has 3 aliphatic rings. The molecule has 0 aromatic carbocycles. The van der Waals surface area contributed by atoms with E-state index in [0.717, 1.165) is 48.0 Å². The predicted molar refractivity (Wildman–Crippen MR) is 123 cm³/mol. The van der Waals surface area contributed by atoms with Crippen LogP contribution in [0.3, 0.4) is 0 Å². The Morgan fingerprint density at radius 1 is 0.964 bits per heavy atom. The van der Waals surface area contributed by atoms with Gasteiger partial charge in [0.25, 0.3) is 0 Å². The topological polar surface area (TPSA) is 26.0 Å². The first-order valence-corrected chi connectivity index (χ1v) is 13.2. The second-order valence-electron chi connectivity index (χ2n) is 11.7. The lowest BCUT2D eigenvalue weighted by Gasteiger charge is -2.49. The van der Waals surface area contributed by atoms with Crippen molar-refractivity contribution >= 4 is 0 Å². The number of nitrogens with two attached hydrogens (primary N) is 1. The Morgan fingerprint density at radius 3 is 2.32 bits per heavy atom. The Bertz CT molecular complexity index is 459. The van der Waals surface area contributed by atoms with Gasteiger partial charge in [-0.25, -0.2) is 0 Å². The molecule has 28 heavy (non-hydrogen) atoms. The molecule has 3 saturated carbocycles. The summed E-state index contributed by atoms with van der Waals surface area (Å²) in [5.41, 5.74) is 6.61. The van der Waals surface area contributed by atoms with Crippen LogP contribution in [0.5, 0.6) is 0 Å². The van der Waals surface area contributed by atoms with E-state index in [1.165, 1.54) is 77.0 Å². The molecule has 8 unspecified atom stereocenters. The van der Waals surface area contributed by atoms with Crippen molar-refractivity contribution in [2.75, 3.05) is 6.54 Å². The van der Waals surface area contributed by atoms with Gasteiger partial charge in [-0.15, -0.1) is 0 Å². The highest BCUT2D eigenvalue weighted by Gasteiger charge is 2.47. The van der Waals surface area contributed by atoms with Gasteiger partial charge in [0.05, 0.1) is 0 Å². The van der Waals surface area contributed by atoms with Crippen LogP contribution in [0.15, 0.2) is 0 Å². The standard InChI is InChI=1S/C27H51N/c1-5-7-8-9-10-25(23(6-2)22-15-16-27(4,18-22)19-28)26-14-13-24(26)21-12-11-20(3)17-21/h20-26H,5-19,28H2,1-4H3. The Balaban J connectivity index is 1.68. The molecule has 0 amide bonds. The maximum Gasteiger partial charge on any atom is -0.00231 e. The molecule has 0 heterocycles. The van der Waals surface area contributed by atoms with Crippen molar-refractivity contribution in [1.29, 1.82) is 0 Å². The molecule has 0 radical (unpaired) electrons. The van der Waals surface area contributed by atoms with E-state index in [0.29, 0.717) is 5.41 Å². The zero-order chi connectivity index (χ0) is 20.1. The van der Waals surface area contributed by atoms with Gasteiger partial charge in [0, 0.05) is 0 Å². The molecule has 3 rings (SSSR count). The summed E-state index contributed by atoms with van der Waals surface area (Å²) in [5.74, 6) is 7.16. The van der Waals surface area contributed by atoms with Gasteiger partial charge in [-0.1, -0.05) is 66.2 Å². The quantitative estimate of drug-likeness (QED) is 0.358. The zero-order valence-corrected chi connectivity index (χ0v) is 19.7. The third-order valence-corrected chi connectivity index (χ3v) is 9.66. The van der Waals surface area contributed by atoms with Gasteiger partial charge in [-0.3, -0.25) is 0 Å². The molecule has 1 heteroatoms. The van der Waals surface area contributed by atoms with Crippen LogP contribution in [0.1, 0.15) is 118 Å². The monoisotopic (exact) mass is 389 g/mol. The minimum absolute atomic E-state index is 0.435. The first kappa shape index (κ1) is 22.6. The number of rotatable bonds is 11. The average molecular weight is 390 g/mol. The fraction of sp³-hybridized carbons (Fsp3) is 1.00. The van der Waals surface area contributed by atoms with E-state index in [2.05, 4.69) is 27.7 Å². The molecule has 0 spiro atoms. The van der Waals surface area contributed by atoms with Crippen LogP contribution in [0, 0.1) is 46.8 Å². The molecule has 164 valence electrons. The van der Waals surface area contributed by atoms with Gasteiger partial charge >= 0.3 is 0 Å².